The van der Waals surface area contributed by atoms with Crippen molar-refractivity contribution in [2.75, 3.05) is 36.1 Å². The molecule has 0 saturated heterocycles. The van der Waals surface area contributed by atoms with Crippen LogP contribution in [0.3, 0.4) is 0 Å². The molecule has 1 spiro atoms. The summed E-state index contributed by atoms with van der Waals surface area (Å²) in [6, 6.07) is 15.0. The van der Waals surface area contributed by atoms with Gasteiger partial charge in [-0.2, -0.15) is 0 Å². The number of sulfonamides is 1. The number of hydrogen-bond donors (Lipinski definition) is 2. The van der Waals surface area contributed by atoms with Gasteiger partial charge in [-0.05, 0) is 36.5 Å². The smallest absolute Gasteiger partial charge is 0.238 e. The van der Waals surface area contributed by atoms with Crippen LogP contribution in [-0.4, -0.2) is 56.8 Å². The Balaban J connectivity index is 0.00000384. The van der Waals surface area contributed by atoms with E-state index in [0.717, 1.165) is 17.5 Å². The number of hydrogen-bond acceptors (Lipinski definition) is 7. The average Bonchev–Trinajstić information content (AvgIpc) is 3.16. The number of amides is 1. The van der Waals surface area contributed by atoms with Gasteiger partial charge in [-0.1, -0.05) is 44.2 Å². The van der Waals surface area contributed by atoms with Gasteiger partial charge in [0, 0.05) is 54.0 Å². The third-order valence-corrected chi connectivity index (χ3v) is 8.89. The van der Waals surface area contributed by atoms with Crippen LogP contribution in [0.5, 0.6) is 5.88 Å². The summed E-state index contributed by atoms with van der Waals surface area (Å²) < 4.78 is 48.2. The zero-order chi connectivity index (χ0) is 30.5. The fraction of sp³-hybridized carbons (Fsp3) is 0.344. The summed E-state index contributed by atoms with van der Waals surface area (Å²) in [5, 5.41) is 3.92. The first-order valence-electron chi connectivity index (χ1n) is 14.3. The summed E-state index contributed by atoms with van der Waals surface area (Å²) in [7, 11) is -1.92. The quantitative estimate of drug-likeness (QED) is 0.236. The summed E-state index contributed by atoms with van der Waals surface area (Å²) in [6.45, 7) is 4.82. The second-order valence-corrected chi connectivity index (χ2v) is 13.5. The molecule has 6 rings (SSSR count). The van der Waals surface area contributed by atoms with Crippen LogP contribution in [0.15, 0.2) is 60.9 Å². The maximum absolute atomic E-state index is 15.7. The van der Waals surface area contributed by atoms with Crippen LogP contribution in [0.25, 0.3) is 22.0 Å². The van der Waals surface area contributed by atoms with Crippen LogP contribution in [0.1, 0.15) is 43.7 Å². The maximum atomic E-state index is 15.7. The molecule has 2 N–H and O–H groups in total. The van der Waals surface area contributed by atoms with Gasteiger partial charge in [0.15, 0.2) is 0 Å². The van der Waals surface area contributed by atoms with E-state index in [1.54, 1.807) is 24.2 Å². The number of ether oxygens (including phenoxy) is 1. The zero-order valence-corrected chi connectivity index (χ0v) is 26.6. The number of carbonyl (C=O) groups excluding carboxylic acids is 1. The van der Waals surface area contributed by atoms with Crippen molar-refractivity contribution in [3.8, 4) is 17.0 Å². The molecule has 232 valence electrons. The molecule has 0 bridgehead atoms. The van der Waals surface area contributed by atoms with Gasteiger partial charge in [-0.15, -0.1) is 12.4 Å². The lowest BCUT2D eigenvalue weighted by atomic mass is 9.57. The molecule has 3 heterocycles. The van der Waals surface area contributed by atoms with Crippen molar-refractivity contribution < 1.29 is 22.3 Å². The fourth-order valence-electron chi connectivity index (χ4n) is 6.32. The Kier molecular flexibility index (Phi) is 8.58. The van der Waals surface area contributed by atoms with Gasteiger partial charge < -0.3 is 15.0 Å². The standard InChI is InChI=1S/C32H34FN5O4S.ClH/c1-19(2)34-10-11-42-30-27(37-43(4,40)41)12-21(17-36-30)23-13-24-26(14-25(23)33)35-18-28-29(24)32(31(39)38(28)3)15-22(16-32)20-8-6-5-7-9-20;/h5-9,12-14,17-19,22,34,37H,10-11,15-16H2,1-4H3;1H. The van der Waals surface area contributed by atoms with Crippen LogP contribution in [0, 0.1) is 5.82 Å². The van der Waals surface area contributed by atoms with Gasteiger partial charge in [-0.3, -0.25) is 14.5 Å². The van der Waals surface area contributed by atoms with Crippen molar-refractivity contribution in [1.82, 2.24) is 15.3 Å². The van der Waals surface area contributed by atoms with E-state index >= 15 is 4.39 Å². The SMILES string of the molecule is CC(C)NCCOc1ncc(-c2cc3c4c(cnc3cc2F)N(C)C(=O)C42CC(c3ccccc3)C2)cc1NS(C)(=O)=O.Cl. The number of carbonyl (C=O) groups is 1. The molecule has 2 aromatic carbocycles. The number of nitrogens with one attached hydrogen (secondary N) is 2. The van der Waals surface area contributed by atoms with Gasteiger partial charge in [0.2, 0.25) is 21.8 Å². The van der Waals surface area contributed by atoms with Crippen molar-refractivity contribution >= 4 is 50.6 Å². The Bertz CT molecular complexity index is 1830. The van der Waals surface area contributed by atoms with Crippen molar-refractivity contribution in [3.63, 3.8) is 0 Å². The zero-order valence-electron chi connectivity index (χ0n) is 24.9. The van der Waals surface area contributed by atoms with E-state index in [1.165, 1.54) is 23.9 Å². The third-order valence-electron chi connectivity index (χ3n) is 8.30. The lowest BCUT2D eigenvalue weighted by molar-refractivity contribution is -0.126. The first-order chi connectivity index (χ1) is 20.5. The number of rotatable bonds is 9. The summed E-state index contributed by atoms with van der Waals surface area (Å²) >= 11 is 0. The van der Waals surface area contributed by atoms with E-state index in [9.17, 15) is 13.2 Å². The van der Waals surface area contributed by atoms with Crippen LogP contribution in [-0.2, 0) is 20.2 Å². The predicted octanol–water partition coefficient (Wildman–Crippen LogP) is 5.40. The number of aromatic nitrogens is 2. The molecule has 0 unspecified atom stereocenters. The van der Waals surface area contributed by atoms with Gasteiger partial charge in [-0.25, -0.2) is 17.8 Å². The van der Waals surface area contributed by atoms with E-state index in [1.807, 2.05) is 32.0 Å². The highest BCUT2D eigenvalue weighted by Crippen LogP contribution is 2.60. The minimum Gasteiger partial charge on any atom is -0.475 e. The minimum absolute atomic E-state index is 0. The van der Waals surface area contributed by atoms with Crippen molar-refractivity contribution in [2.45, 2.75) is 44.1 Å². The number of anilines is 2. The molecule has 0 radical (unpaired) electrons. The molecule has 1 aliphatic heterocycles. The molecular formula is C32H35ClFN5O4S. The molecule has 12 heteroatoms. The topological polar surface area (TPSA) is 114 Å². The first kappa shape index (κ1) is 31.6. The number of likely N-dealkylation sites (N-methyl/N-ethyl adjacent to an activating group) is 1. The van der Waals surface area contributed by atoms with E-state index in [2.05, 4.69) is 32.1 Å². The van der Waals surface area contributed by atoms with Crippen LogP contribution >= 0.6 is 12.4 Å². The summed E-state index contributed by atoms with van der Waals surface area (Å²) in [5.74, 6) is -0.185. The summed E-state index contributed by atoms with van der Waals surface area (Å²) in [4.78, 5) is 24.2. The second-order valence-electron chi connectivity index (χ2n) is 11.7. The van der Waals surface area contributed by atoms with Gasteiger partial charge >= 0.3 is 0 Å². The highest BCUT2D eigenvalue weighted by atomic mass is 35.5. The van der Waals surface area contributed by atoms with Crippen LogP contribution in [0.4, 0.5) is 15.8 Å². The van der Waals surface area contributed by atoms with E-state index in [0.29, 0.717) is 35.9 Å². The van der Waals surface area contributed by atoms with Gasteiger partial charge in [0.05, 0.1) is 29.1 Å². The molecule has 9 nitrogen and oxygen atoms in total. The van der Waals surface area contributed by atoms with Crippen molar-refractivity contribution in [1.29, 1.82) is 0 Å². The van der Waals surface area contributed by atoms with E-state index in [-0.39, 0.29) is 54.0 Å². The number of fused-ring (bicyclic) bond motifs is 4. The molecule has 0 atom stereocenters. The maximum Gasteiger partial charge on any atom is 0.238 e. The molecule has 1 fully saturated rings. The predicted molar refractivity (Wildman–Crippen MR) is 173 cm³/mol. The highest BCUT2D eigenvalue weighted by molar-refractivity contribution is 7.92. The lowest BCUT2D eigenvalue weighted by Crippen LogP contribution is -2.47. The summed E-state index contributed by atoms with van der Waals surface area (Å²) in [6.07, 6.45) is 5.45. The van der Waals surface area contributed by atoms with E-state index < -0.39 is 21.3 Å². The first-order valence-corrected chi connectivity index (χ1v) is 16.2. The molecule has 1 aliphatic carbocycles. The van der Waals surface area contributed by atoms with Crippen molar-refractivity contribution in [3.05, 3.63) is 77.9 Å². The molecular weight excluding hydrogens is 605 g/mol. The molecule has 4 aromatic rings. The molecule has 2 aliphatic rings. The normalized spacial score (nSPS) is 19.2. The Morgan fingerprint density at radius 2 is 1.84 bits per heavy atom. The largest absolute Gasteiger partial charge is 0.475 e. The average molecular weight is 640 g/mol. The number of pyridine rings is 2. The Morgan fingerprint density at radius 3 is 2.52 bits per heavy atom. The molecule has 1 saturated carbocycles. The number of benzene rings is 2. The lowest BCUT2D eigenvalue weighted by Gasteiger charge is -2.44. The number of halogens is 2. The highest BCUT2D eigenvalue weighted by Gasteiger charge is 2.58. The Labute approximate surface area is 262 Å². The Hall–Kier alpha value is -3.80. The van der Waals surface area contributed by atoms with E-state index in [4.69, 9.17) is 4.74 Å². The molecule has 1 amide bonds. The molecule has 2 aromatic heterocycles. The van der Waals surface area contributed by atoms with Crippen LogP contribution < -0.4 is 19.7 Å². The Morgan fingerprint density at radius 1 is 1.11 bits per heavy atom. The van der Waals surface area contributed by atoms with Gasteiger partial charge in [0.25, 0.3) is 0 Å². The monoisotopic (exact) mass is 639 g/mol. The van der Waals surface area contributed by atoms with Crippen molar-refractivity contribution in [2.24, 2.45) is 0 Å². The summed E-state index contributed by atoms with van der Waals surface area (Å²) in [5.41, 5.74) is 3.19. The minimum atomic E-state index is -3.68. The third kappa shape index (κ3) is 5.71. The van der Waals surface area contributed by atoms with Crippen LogP contribution in [0.2, 0.25) is 0 Å². The van der Waals surface area contributed by atoms with Gasteiger partial charge in [0.1, 0.15) is 18.1 Å². The second kappa shape index (κ2) is 11.9. The number of nitrogens with zero attached hydrogens (tertiary/aromatic N) is 3. The molecule has 44 heavy (non-hydrogen) atoms. The fourth-order valence-corrected chi connectivity index (χ4v) is 6.87.